The summed E-state index contributed by atoms with van der Waals surface area (Å²) in [6.45, 7) is 1.47. The third kappa shape index (κ3) is 4.30. The minimum atomic E-state index is -3.60. The number of amides is 1. The van der Waals surface area contributed by atoms with Crippen molar-refractivity contribution in [2.75, 3.05) is 10.5 Å². The highest BCUT2D eigenvalue weighted by Crippen LogP contribution is 2.39. The average molecular weight is 482 g/mol. The number of nitrogens with zero attached hydrogens (tertiary/aromatic N) is 1. The highest BCUT2D eigenvalue weighted by atomic mass is 35.5. The first-order valence-electron chi connectivity index (χ1n) is 8.92. The molecule has 2 aromatic rings. The molecule has 0 radical (unpaired) electrons. The Hall–Kier alpha value is -2.88. The van der Waals surface area contributed by atoms with E-state index in [1.807, 2.05) is 0 Å². The summed E-state index contributed by atoms with van der Waals surface area (Å²) in [5.74, 6) is -2.32. The van der Waals surface area contributed by atoms with E-state index in [2.05, 4.69) is 9.71 Å². The average Bonchev–Trinajstić information content (AvgIpc) is 3.01. The van der Waals surface area contributed by atoms with Crippen molar-refractivity contribution in [3.05, 3.63) is 74.7 Å². The maximum Gasteiger partial charge on any atom is 0.341 e. The molecule has 0 bridgehead atoms. The SMILES string of the molecule is CCS(=O)(=O)Nc1cccc(C2(C(=O)O)N=c3cc(Cl)cc(Cl)c3=C2C=CC(N)=O)c1. The first-order chi connectivity index (χ1) is 14.5. The van der Waals surface area contributed by atoms with E-state index in [0.29, 0.717) is 0 Å². The summed E-state index contributed by atoms with van der Waals surface area (Å²) in [4.78, 5) is 28.4. The molecular formula is C20H17Cl2N3O5S. The minimum absolute atomic E-state index is 0.0889. The third-order valence-electron chi connectivity index (χ3n) is 4.64. The molecule has 1 aliphatic rings. The van der Waals surface area contributed by atoms with Gasteiger partial charge in [0, 0.05) is 27.6 Å². The zero-order chi connectivity index (χ0) is 23.0. The van der Waals surface area contributed by atoms with Crippen LogP contribution in [0.2, 0.25) is 10.0 Å². The molecule has 1 aliphatic heterocycles. The van der Waals surface area contributed by atoms with Crippen LogP contribution in [0.15, 0.2) is 53.5 Å². The van der Waals surface area contributed by atoms with Crippen molar-refractivity contribution < 1.29 is 23.1 Å². The van der Waals surface area contributed by atoms with E-state index in [0.717, 1.165) is 6.08 Å². The first kappa shape index (κ1) is 22.8. The highest BCUT2D eigenvalue weighted by molar-refractivity contribution is 7.92. The van der Waals surface area contributed by atoms with Crippen molar-refractivity contribution in [1.82, 2.24) is 0 Å². The molecule has 2 aromatic carbocycles. The van der Waals surface area contributed by atoms with Gasteiger partial charge in [0.05, 0.1) is 16.1 Å². The summed E-state index contributed by atoms with van der Waals surface area (Å²) in [6.07, 6.45) is 2.25. The Morgan fingerprint density at radius 1 is 1.26 bits per heavy atom. The van der Waals surface area contributed by atoms with Crippen molar-refractivity contribution in [2.24, 2.45) is 10.7 Å². The molecule has 8 nitrogen and oxygen atoms in total. The number of carboxylic acid groups (broad SMARTS) is 1. The number of nitrogens with two attached hydrogens (primary N) is 1. The summed E-state index contributed by atoms with van der Waals surface area (Å²) in [5.41, 5.74) is 3.59. The van der Waals surface area contributed by atoms with Crippen LogP contribution in [0, 0.1) is 0 Å². The number of fused-ring (bicyclic) bond motifs is 1. The number of rotatable bonds is 7. The molecule has 1 unspecified atom stereocenters. The van der Waals surface area contributed by atoms with Crippen molar-refractivity contribution in [3.8, 4) is 0 Å². The molecule has 1 atom stereocenters. The van der Waals surface area contributed by atoms with Gasteiger partial charge < -0.3 is 10.8 Å². The second-order valence-corrected chi connectivity index (χ2v) is 9.50. The van der Waals surface area contributed by atoms with Crippen LogP contribution in [0.3, 0.4) is 0 Å². The van der Waals surface area contributed by atoms with E-state index in [9.17, 15) is 23.1 Å². The van der Waals surface area contributed by atoms with Gasteiger partial charge in [0.2, 0.25) is 21.5 Å². The maximum absolute atomic E-state index is 12.6. The number of primary amides is 1. The number of nitrogens with one attached hydrogen (secondary N) is 1. The number of carbonyl (C=O) groups excluding carboxylic acids is 1. The summed E-state index contributed by atoms with van der Waals surface area (Å²) in [7, 11) is -3.60. The van der Waals surface area contributed by atoms with Gasteiger partial charge in [0.15, 0.2) is 0 Å². The summed E-state index contributed by atoms with van der Waals surface area (Å²) < 4.78 is 26.3. The zero-order valence-electron chi connectivity index (χ0n) is 16.1. The van der Waals surface area contributed by atoms with Gasteiger partial charge in [-0.3, -0.25) is 14.5 Å². The van der Waals surface area contributed by atoms with Crippen LogP contribution in [0.25, 0.3) is 5.57 Å². The topological polar surface area (TPSA) is 139 Å². The zero-order valence-corrected chi connectivity index (χ0v) is 18.4. The van der Waals surface area contributed by atoms with Crippen LogP contribution in [0.1, 0.15) is 12.5 Å². The molecule has 0 saturated carbocycles. The largest absolute Gasteiger partial charge is 0.479 e. The smallest absolute Gasteiger partial charge is 0.341 e. The molecule has 1 heterocycles. The number of carbonyl (C=O) groups is 2. The van der Waals surface area contributed by atoms with Gasteiger partial charge in [-0.05, 0) is 42.8 Å². The number of carboxylic acids is 1. The molecule has 0 spiro atoms. The predicted molar refractivity (Wildman–Crippen MR) is 118 cm³/mol. The lowest BCUT2D eigenvalue weighted by Crippen LogP contribution is -2.35. The van der Waals surface area contributed by atoms with Gasteiger partial charge in [-0.1, -0.05) is 35.3 Å². The van der Waals surface area contributed by atoms with E-state index in [-0.39, 0.29) is 43.2 Å². The van der Waals surface area contributed by atoms with E-state index < -0.39 is 27.4 Å². The molecule has 0 aliphatic carbocycles. The first-order valence-corrected chi connectivity index (χ1v) is 11.3. The van der Waals surface area contributed by atoms with Crippen LogP contribution < -0.4 is 21.0 Å². The van der Waals surface area contributed by atoms with Crippen molar-refractivity contribution in [1.29, 1.82) is 0 Å². The van der Waals surface area contributed by atoms with Crippen LogP contribution in [0.4, 0.5) is 5.69 Å². The number of benzene rings is 2. The number of hydrogen-bond acceptors (Lipinski definition) is 5. The Morgan fingerprint density at radius 3 is 2.58 bits per heavy atom. The van der Waals surface area contributed by atoms with Gasteiger partial charge in [-0.25, -0.2) is 13.2 Å². The molecule has 0 fully saturated rings. The second kappa shape index (κ2) is 8.33. The molecule has 162 valence electrons. The Balaban J connectivity index is 2.36. The highest BCUT2D eigenvalue weighted by Gasteiger charge is 2.46. The lowest BCUT2D eigenvalue weighted by Gasteiger charge is -2.25. The standard InChI is InChI=1S/C20H17Cl2N3O5S/c1-2-31(29,30)25-13-5-3-4-11(8-13)20(19(27)28)14(6-7-17(23)26)18-15(22)9-12(21)10-16(18)24-20/h3-10,25H,2H2,1H3,(H2,23,26)(H,27,28). The summed E-state index contributed by atoms with van der Waals surface area (Å²) >= 11 is 12.4. The van der Waals surface area contributed by atoms with Crippen molar-refractivity contribution >= 4 is 56.4 Å². The van der Waals surface area contributed by atoms with Crippen LogP contribution in [0.5, 0.6) is 0 Å². The molecule has 31 heavy (non-hydrogen) atoms. The van der Waals surface area contributed by atoms with Crippen molar-refractivity contribution in [2.45, 2.75) is 12.5 Å². The number of sulfonamides is 1. The van der Waals surface area contributed by atoms with E-state index in [1.165, 1.54) is 49.4 Å². The molecule has 1 amide bonds. The normalized spacial score (nSPS) is 18.0. The van der Waals surface area contributed by atoms with Gasteiger partial charge in [-0.2, -0.15) is 0 Å². The molecule has 11 heteroatoms. The number of hydrogen-bond donors (Lipinski definition) is 3. The van der Waals surface area contributed by atoms with Gasteiger partial charge in [0.1, 0.15) is 0 Å². The van der Waals surface area contributed by atoms with Gasteiger partial charge >= 0.3 is 5.97 Å². The Labute approximate surface area is 187 Å². The summed E-state index contributed by atoms with van der Waals surface area (Å²) in [5, 5.41) is 11.2. The molecule has 0 aromatic heterocycles. The molecule has 4 N–H and O–H groups in total. The van der Waals surface area contributed by atoms with Gasteiger partial charge in [0.25, 0.3) is 0 Å². The predicted octanol–water partition coefficient (Wildman–Crippen LogP) is 1.56. The lowest BCUT2D eigenvalue weighted by atomic mass is 9.82. The monoisotopic (exact) mass is 481 g/mol. The van der Waals surface area contributed by atoms with E-state index in [4.69, 9.17) is 28.9 Å². The quantitative estimate of drug-likeness (QED) is 0.514. The van der Waals surface area contributed by atoms with Gasteiger partial charge in [-0.15, -0.1) is 0 Å². The Morgan fingerprint density at radius 2 is 1.97 bits per heavy atom. The summed E-state index contributed by atoms with van der Waals surface area (Å²) in [6, 6.07) is 8.72. The molecule has 0 saturated heterocycles. The number of halogens is 2. The van der Waals surface area contributed by atoms with E-state index >= 15 is 0 Å². The molecular weight excluding hydrogens is 465 g/mol. The van der Waals surface area contributed by atoms with Crippen LogP contribution >= 0.6 is 23.2 Å². The fourth-order valence-electron chi connectivity index (χ4n) is 3.27. The molecule has 3 rings (SSSR count). The van der Waals surface area contributed by atoms with E-state index in [1.54, 1.807) is 0 Å². The minimum Gasteiger partial charge on any atom is -0.479 e. The second-order valence-electron chi connectivity index (χ2n) is 6.64. The number of aliphatic carboxylic acids is 1. The number of anilines is 1. The third-order valence-corrected chi connectivity index (χ3v) is 6.46. The fraction of sp³-hybridized carbons (Fsp3) is 0.150. The Bertz CT molecular complexity index is 1360. The fourth-order valence-corrected chi connectivity index (χ4v) is 4.49. The van der Waals surface area contributed by atoms with Crippen molar-refractivity contribution in [3.63, 3.8) is 0 Å². The van der Waals surface area contributed by atoms with Crippen LogP contribution in [-0.4, -0.2) is 31.2 Å². The lowest BCUT2D eigenvalue weighted by molar-refractivity contribution is -0.141. The van der Waals surface area contributed by atoms with Crippen LogP contribution in [-0.2, 0) is 25.2 Å². The Kier molecular flexibility index (Phi) is 6.13. The maximum atomic E-state index is 12.6.